The number of nitrogens with zero attached hydrogens (tertiary/aromatic N) is 3. The second kappa shape index (κ2) is 8.42. The largest absolute Gasteiger partial charge is 0.297 e. The highest BCUT2D eigenvalue weighted by Crippen LogP contribution is 2.33. The molecular formula is C23H21ClN4O2S2. The van der Waals surface area contributed by atoms with Gasteiger partial charge in [0.15, 0.2) is 5.13 Å². The summed E-state index contributed by atoms with van der Waals surface area (Å²) in [5, 5.41) is 4.66. The van der Waals surface area contributed by atoms with E-state index < -0.39 is 0 Å². The van der Waals surface area contributed by atoms with Crippen LogP contribution in [-0.2, 0) is 13.0 Å². The van der Waals surface area contributed by atoms with Crippen molar-refractivity contribution < 1.29 is 4.79 Å². The standard InChI is InChI=1S/C23H21ClN4O2S2/c1-12-17-21(25-16-6-4-3-5-11-28(16)22(17)30)32-19(12)20(29)27-23-26-18(13(2)31-23)14-7-9-15(24)10-8-14/h7-10H,3-6,11H2,1-2H3,(H,26,27,29). The molecule has 5 rings (SSSR count). The predicted octanol–water partition coefficient (Wildman–Crippen LogP) is 5.83. The van der Waals surface area contributed by atoms with Gasteiger partial charge in [-0.05, 0) is 44.4 Å². The van der Waals surface area contributed by atoms with Gasteiger partial charge < -0.3 is 0 Å². The van der Waals surface area contributed by atoms with E-state index in [4.69, 9.17) is 16.6 Å². The SMILES string of the molecule is Cc1sc(NC(=O)c2sc3nc4n(c(=O)c3c2C)CCCCC4)nc1-c1ccc(Cl)cc1. The summed E-state index contributed by atoms with van der Waals surface area (Å²) in [5.74, 6) is 0.567. The average molecular weight is 485 g/mol. The first-order chi connectivity index (χ1) is 15.4. The molecule has 9 heteroatoms. The number of amides is 1. The van der Waals surface area contributed by atoms with Crippen LogP contribution in [0.1, 0.15) is 45.2 Å². The Kier molecular flexibility index (Phi) is 5.61. The van der Waals surface area contributed by atoms with Crippen LogP contribution in [-0.4, -0.2) is 20.4 Å². The molecular weight excluding hydrogens is 464 g/mol. The van der Waals surface area contributed by atoms with Crippen molar-refractivity contribution in [1.29, 1.82) is 0 Å². The monoisotopic (exact) mass is 484 g/mol. The third kappa shape index (κ3) is 3.76. The first-order valence-corrected chi connectivity index (χ1v) is 12.5. The van der Waals surface area contributed by atoms with Crippen molar-refractivity contribution >= 4 is 55.5 Å². The van der Waals surface area contributed by atoms with E-state index in [-0.39, 0.29) is 11.5 Å². The number of aryl methyl sites for hydroxylation is 3. The highest BCUT2D eigenvalue weighted by Gasteiger charge is 2.23. The number of carbonyl (C=O) groups excluding carboxylic acids is 1. The number of benzene rings is 1. The molecule has 0 aliphatic carbocycles. The van der Waals surface area contributed by atoms with Gasteiger partial charge in [0.1, 0.15) is 10.7 Å². The predicted molar refractivity (Wildman–Crippen MR) is 131 cm³/mol. The number of halogens is 1. The van der Waals surface area contributed by atoms with E-state index in [1.807, 2.05) is 38.1 Å². The number of rotatable bonds is 3. The molecule has 6 nitrogen and oxygen atoms in total. The summed E-state index contributed by atoms with van der Waals surface area (Å²) in [7, 11) is 0. The second-order valence-corrected chi connectivity index (χ2v) is 10.6. The van der Waals surface area contributed by atoms with Gasteiger partial charge in [-0.25, -0.2) is 9.97 Å². The fourth-order valence-corrected chi connectivity index (χ4v) is 6.15. The van der Waals surface area contributed by atoms with E-state index in [1.54, 1.807) is 4.57 Å². The maximum Gasteiger partial charge on any atom is 0.267 e. The number of anilines is 1. The van der Waals surface area contributed by atoms with Crippen LogP contribution >= 0.6 is 34.3 Å². The Labute approximate surface area is 197 Å². The van der Waals surface area contributed by atoms with Crippen molar-refractivity contribution in [3.63, 3.8) is 0 Å². The summed E-state index contributed by atoms with van der Waals surface area (Å²) in [6, 6.07) is 7.47. The van der Waals surface area contributed by atoms with Gasteiger partial charge >= 0.3 is 0 Å². The van der Waals surface area contributed by atoms with Crippen molar-refractivity contribution in [3.05, 3.63) is 60.8 Å². The Morgan fingerprint density at radius 3 is 2.66 bits per heavy atom. The minimum Gasteiger partial charge on any atom is -0.297 e. The first-order valence-electron chi connectivity index (χ1n) is 10.5. The summed E-state index contributed by atoms with van der Waals surface area (Å²) in [6.45, 7) is 4.49. The molecule has 0 radical (unpaired) electrons. The van der Waals surface area contributed by atoms with Gasteiger partial charge in [-0.3, -0.25) is 19.5 Å². The highest BCUT2D eigenvalue weighted by molar-refractivity contribution is 7.21. The molecule has 0 saturated carbocycles. The van der Waals surface area contributed by atoms with Crippen LogP contribution in [0.25, 0.3) is 21.5 Å². The summed E-state index contributed by atoms with van der Waals surface area (Å²) in [5.41, 5.74) is 2.42. The fraction of sp³-hybridized carbons (Fsp3) is 0.304. The maximum atomic E-state index is 13.1. The lowest BCUT2D eigenvalue weighted by molar-refractivity contribution is 0.103. The molecule has 1 amide bonds. The average Bonchev–Trinajstić information content (AvgIpc) is 3.18. The van der Waals surface area contributed by atoms with Crippen LogP contribution in [0.3, 0.4) is 0 Å². The molecule has 1 aromatic carbocycles. The molecule has 164 valence electrons. The van der Waals surface area contributed by atoms with Crippen LogP contribution in [0.5, 0.6) is 0 Å². The Bertz CT molecular complexity index is 1400. The van der Waals surface area contributed by atoms with Crippen LogP contribution < -0.4 is 10.9 Å². The molecule has 1 N–H and O–H groups in total. The van der Waals surface area contributed by atoms with Crippen molar-refractivity contribution in [2.24, 2.45) is 0 Å². The zero-order chi connectivity index (χ0) is 22.4. The lowest BCUT2D eigenvalue weighted by atomic mass is 10.1. The Balaban J connectivity index is 1.47. The van der Waals surface area contributed by atoms with Crippen LogP contribution in [0.4, 0.5) is 5.13 Å². The summed E-state index contributed by atoms with van der Waals surface area (Å²) >= 11 is 8.69. The molecule has 32 heavy (non-hydrogen) atoms. The van der Waals surface area contributed by atoms with E-state index in [9.17, 15) is 9.59 Å². The Morgan fingerprint density at radius 1 is 1.09 bits per heavy atom. The normalized spacial score (nSPS) is 13.7. The number of hydrogen-bond acceptors (Lipinski definition) is 6. The lowest BCUT2D eigenvalue weighted by Gasteiger charge is -2.08. The van der Waals surface area contributed by atoms with Gasteiger partial charge in [-0.15, -0.1) is 22.7 Å². The number of hydrogen-bond donors (Lipinski definition) is 1. The molecule has 0 spiro atoms. The maximum absolute atomic E-state index is 13.1. The first kappa shape index (κ1) is 21.3. The third-order valence-electron chi connectivity index (χ3n) is 5.75. The molecule has 3 aromatic heterocycles. The quantitative estimate of drug-likeness (QED) is 0.397. The minimum absolute atomic E-state index is 0.0326. The number of thiazole rings is 1. The molecule has 1 aliphatic heterocycles. The number of aromatic nitrogens is 3. The van der Waals surface area contributed by atoms with Crippen molar-refractivity contribution in [2.45, 2.75) is 46.1 Å². The van der Waals surface area contributed by atoms with Gasteiger partial charge in [-0.2, -0.15) is 0 Å². The van der Waals surface area contributed by atoms with Gasteiger partial charge in [-0.1, -0.05) is 30.2 Å². The molecule has 0 bridgehead atoms. The number of thiophene rings is 1. The summed E-state index contributed by atoms with van der Waals surface area (Å²) < 4.78 is 1.79. The zero-order valence-electron chi connectivity index (χ0n) is 17.7. The lowest BCUT2D eigenvalue weighted by Crippen LogP contribution is -2.24. The smallest absolute Gasteiger partial charge is 0.267 e. The fourth-order valence-electron chi connectivity index (χ4n) is 4.11. The number of fused-ring (bicyclic) bond motifs is 2. The van der Waals surface area contributed by atoms with E-state index in [0.29, 0.717) is 37.4 Å². The van der Waals surface area contributed by atoms with E-state index in [0.717, 1.165) is 47.6 Å². The van der Waals surface area contributed by atoms with Gasteiger partial charge in [0.2, 0.25) is 0 Å². The van der Waals surface area contributed by atoms with Crippen molar-refractivity contribution in [1.82, 2.24) is 14.5 Å². The Morgan fingerprint density at radius 2 is 1.88 bits per heavy atom. The highest BCUT2D eigenvalue weighted by atomic mass is 35.5. The summed E-state index contributed by atoms with van der Waals surface area (Å²) in [6.07, 6.45) is 3.93. The number of carbonyl (C=O) groups is 1. The van der Waals surface area contributed by atoms with Crippen LogP contribution in [0.2, 0.25) is 5.02 Å². The van der Waals surface area contributed by atoms with E-state index in [2.05, 4.69) is 10.3 Å². The molecule has 1 aliphatic rings. The molecule has 0 unspecified atom stereocenters. The second-order valence-electron chi connectivity index (χ2n) is 7.92. The molecule has 4 aromatic rings. The van der Waals surface area contributed by atoms with Gasteiger partial charge in [0.05, 0.1) is 16.0 Å². The minimum atomic E-state index is -0.262. The molecule has 0 saturated heterocycles. The van der Waals surface area contributed by atoms with Crippen molar-refractivity contribution in [3.8, 4) is 11.3 Å². The molecule has 0 fully saturated rings. The van der Waals surface area contributed by atoms with Gasteiger partial charge in [0.25, 0.3) is 11.5 Å². The molecule has 0 atom stereocenters. The van der Waals surface area contributed by atoms with E-state index >= 15 is 0 Å². The van der Waals surface area contributed by atoms with Crippen LogP contribution in [0.15, 0.2) is 29.1 Å². The van der Waals surface area contributed by atoms with Crippen LogP contribution in [0, 0.1) is 13.8 Å². The molecule has 4 heterocycles. The third-order valence-corrected chi connectivity index (χ3v) is 8.08. The van der Waals surface area contributed by atoms with E-state index in [1.165, 1.54) is 22.7 Å². The zero-order valence-corrected chi connectivity index (χ0v) is 20.1. The van der Waals surface area contributed by atoms with Crippen molar-refractivity contribution in [2.75, 3.05) is 5.32 Å². The Hall–Kier alpha value is -2.55. The number of nitrogens with one attached hydrogen (secondary N) is 1. The van der Waals surface area contributed by atoms with Gasteiger partial charge in [0, 0.05) is 28.4 Å². The topological polar surface area (TPSA) is 76.9 Å². The summed E-state index contributed by atoms with van der Waals surface area (Å²) in [4.78, 5) is 37.8.